The van der Waals surface area contributed by atoms with Gasteiger partial charge in [0.05, 0.1) is 58.0 Å². The van der Waals surface area contributed by atoms with Crippen LogP contribution >= 0.6 is 0 Å². The second-order valence-corrected chi connectivity index (χ2v) is 26.2. The van der Waals surface area contributed by atoms with Gasteiger partial charge in [0.15, 0.2) is 37.2 Å². The van der Waals surface area contributed by atoms with E-state index in [2.05, 4.69) is 27.7 Å². The molecule has 11 aliphatic rings. The summed E-state index contributed by atoms with van der Waals surface area (Å²) in [5.41, 5.74) is -1.09. The number of hydrogen-bond donors (Lipinski definition) is 15. The number of hydrogen-bond acceptors (Lipinski definition) is 28. The molecule has 4 aliphatic carbocycles. The molecule has 7 aliphatic heterocycles. The van der Waals surface area contributed by atoms with Crippen LogP contribution in [0, 0.1) is 52.3 Å². The lowest BCUT2D eigenvalue weighted by atomic mass is 9.43. The molecule has 0 aromatic rings. The van der Waals surface area contributed by atoms with Gasteiger partial charge in [-0.25, -0.2) is 0 Å². The average Bonchev–Trinajstić information content (AvgIpc) is 1.61. The lowest BCUT2D eigenvalue weighted by Crippen LogP contribution is -2.69. The Morgan fingerprint density at radius 2 is 1.06 bits per heavy atom. The largest absolute Gasteiger partial charge is 0.394 e. The normalized spacial score (nSPS) is 57.4. The van der Waals surface area contributed by atoms with Crippen LogP contribution in [0.3, 0.4) is 0 Å². The molecular weight excluding hydrogens is 1110 g/mol. The lowest BCUT2D eigenvalue weighted by Gasteiger charge is -2.62. The van der Waals surface area contributed by atoms with Gasteiger partial charge < -0.3 is 133 Å². The minimum atomic E-state index is -2.14. The van der Waals surface area contributed by atoms with Gasteiger partial charge >= 0.3 is 0 Å². The summed E-state index contributed by atoms with van der Waals surface area (Å²) < 4.78 is 72.7. The maximum atomic E-state index is 14.8. The van der Waals surface area contributed by atoms with Crippen molar-refractivity contribution in [2.24, 2.45) is 52.3 Å². The molecule has 0 aromatic carbocycles. The van der Waals surface area contributed by atoms with Gasteiger partial charge in [-0.3, -0.25) is 4.79 Å². The first kappa shape index (κ1) is 63.2. The average molecular weight is 1200 g/mol. The maximum absolute atomic E-state index is 14.8. The number of Topliss-reactive ketones (excluding diaryl/α,β-unsaturated/α-hetero) is 1. The van der Waals surface area contributed by atoms with E-state index in [-0.39, 0.29) is 47.4 Å². The predicted molar refractivity (Wildman–Crippen MR) is 271 cm³/mol. The van der Waals surface area contributed by atoms with Crippen molar-refractivity contribution in [2.45, 2.75) is 244 Å². The standard InChI is InChI=1S/C55H88O28/c1-19-5-8-55(74-16-19)20(2)34-29(83-55)11-24-22-10-26(59)25-9-21(6-7-53(25,3)23(22)12-33(62)54(24,34)4)75-50-42(70)39(67)44(32(15-58)78-50)79-52-47(46(38(66)31(14-57)77-52)81-49-41(69)36(64)28(61)18-73-49)82-51-43(71)45(37(65)30(13-56)76-51)80-48-40(68)35(63)27(60)17-72-48/h19-32,34-52,56-61,63-71H,5-18H2,1-4H3/t19-,20+,21+,22-,23+,24+,25-,26+,27-,28-,29+,30-,31-,32-,34+,35+,36+,37-,38-,39-,40-,41-,42-,43-,44-,45+,46+,47-,48+,49+,50-,51+,52+,53-,54-,55-/m1/s1. The van der Waals surface area contributed by atoms with Crippen molar-refractivity contribution in [1.82, 2.24) is 0 Å². The van der Waals surface area contributed by atoms with Crippen LogP contribution in [0.5, 0.6) is 0 Å². The quantitative estimate of drug-likeness (QED) is 0.0765. The lowest BCUT2D eigenvalue weighted by molar-refractivity contribution is -0.408. The van der Waals surface area contributed by atoms with E-state index in [1.54, 1.807) is 0 Å². The number of carbonyl (C=O) groups is 1. The maximum Gasteiger partial charge on any atom is 0.187 e. The van der Waals surface area contributed by atoms with Crippen LogP contribution in [-0.4, -0.2) is 287 Å². The highest BCUT2D eigenvalue weighted by Gasteiger charge is 2.73. The van der Waals surface area contributed by atoms with Crippen LogP contribution in [0.15, 0.2) is 0 Å². The Morgan fingerprint density at radius 1 is 0.506 bits per heavy atom. The molecular formula is C55H88O28. The topological polar surface area (TPSA) is 431 Å². The Bertz CT molecular complexity index is 2210. The summed E-state index contributed by atoms with van der Waals surface area (Å²) in [6.45, 7) is 5.32. The van der Waals surface area contributed by atoms with Crippen LogP contribution < -0.4 is 0 Å². The van der Waals surface area contributed by atoms with Gasteiger partial charge in [-0.15, -0.1) is 0 Å². The molecule has 28 nitrogen and oxygen atoms in total. The molecule has 0 aromatic heterocycles. The second kappa shape index (κ2) is 24.4. The van der Waals surface area contributed by atoms with Gasteiger partial charge in [-0.2, -0.15) is 0 Å². The first-order chi connectivity index (χ1) is 39.4. The highest BCUT2D eigenvalue weighted by molar-refractivity contribution is 5.87. The summed E-state index contributed by atoms with van der Waals surface area (Å²) in [6.07, 6.45) is -39.1. The second-order valence-electron chi connectivity index (χ2n) is 26.2. The number of aliphatic hydroxyl groups is 15. The molecule has 0 unspecified atom stereocenters. The summed E-state index contributed by atoms with van der Waals surface area (Å²) in [5, 5.41) is 165. The highest BCUT2D eigenvalue weighted by atomic mass is 16.8. The Hall–Kier alpha value is -1.41. The molecule has 7 heterocycles. The first-order valence-electron chi connectivity index (χ1n) is 29.7. The zero-order valence-electron chi connectivity index (χ0n) is 47.0. The molecule has 0 radical (unpaired) electrons. The fraction of sp³-hybridized carbons (Fsp3) is 0.982. The third-order valence-electron chi connectivity index (χ3n) is 21.6. The molecule has 7 saturated heterocycles. The van der Waals surface area contributed by atoms with E-state index in [0.29, 0.717) is 44.6 Å². The third kappa shape index (κ3) is 10.9. The molecule has 28 heteroatoms. The SMILES string of the molecule is C[C@@H]1CC[C@@]2(OC1)O[C@H]1C[C@H]3[C@@H]4C[C@H](O)[C@H]5C[C@@H](O[C@@H]6O[C@H](CO)[C@@H](O[C@@H]7O[C@H](CO)[C@@H](O)[C@H](O[C@@H]8OC[C@@H](O)[C@H](O)[C@H]8O)[C@H]7O[C@@H]7O[C@H](CO)[C@@H](O)[C@H](O[C@@H]8OC[C@@H](O)[C@H](O)[C@H]8O)[C@H]7O)[C@H](O)[C@H]6O)CC[C@]5(C)[C@H]4CC(=O)[C@]3(C)[C@H]1[C@@H]2C. The highest BCUT2D eigenvalue weighted by Crippen LogP contribution is 2.70. The van der Waals surface area contributed by atoms with Crippen LogP contribution in [0.1, 0.15) is 79.1 Å². The fourth-order valence-corrected chi connectivity index (χ4v) is 16.8. The van der Waals surface area contributed by atoms with Gasteiger partial charge in [-0.1, -0.05) is 27.7 Å². The zero-order chi connectivity index (χ0) is 59.5. The molecule has 0 amide bonds. The van der Waals surface area contributed by atoms with E-state index in [4.69, 9.17) is 56.8 Å². The molecule has 0 bridgehead atoms. The van der Waals surface area contributed by atoms with E-state index in [1.165, 1.54) is 0 Å². The van der Waals surface area contributed by atoms with Crippen molar-refractivity contribution in [1.29, 1.82) is 0 Å². The smallest absolute Gasteiger partial charge is 0.187 e. The van der Waals surface area contributed by atoms with E-state index < -0.39 is 203 Å². The monoisotopic (exact) mass is 1200 g/mol. The fourth-order valence-electron chi connectivity index (χ4n) is 16.8. The molecule has 11 fully saturated rings. The van der Waals surface area contributed by atoms with E-state index in [0.717, 1.165) is 19.3 Å². The van der Waals surface area contributed by atoms with Crippen LogP contribution in [0.2, 0.25) is 0 Å². The number of ether oxygens (including phenoxy) is 12. The van der Waals surface area contributed by atoms with Gasteiger partial charge in [-0.05, 0) is 73.5 Å². The predicted octanol–water partition coefficient (Wildman–Crippen LogP) is -5.66. The minimum absolute atomic E-state index is 0.00140. The van der Waals surface area contributed by atoms with Crippen LogP contribution in [-0.2, 0) is 61.6 Å². The number of fused-ring (bicyclic) bond motifs is 7. The summed E-state index contributed by atoms with van der Waals surface area (Å²) in [4.78, 5) is 14.8. The summed E-state index contributed by atoms with van der Waals surface area (Å²) in [6, 6.07) is 0. The van der Waals surface area contributed by atoms with Gasteiger partial charge in [0, 0.05) is 30.1 Å². The third-order valence-corrected chi connectivity index (χ3v) is 21.6. The van der Waals surface area contributed by atoms with E-state index in [1.807, 2.05) is 0 Å². The Balaban J connectivity index is 0.793. The van der Waals surface area contributed by atoms with Crippen molar-refractivity contribution in [2.75, 3.05) is 39.6 Å². The summed E-state index contributed by atoms with van der Waals surface area (Å²) in [5.74, 6) is -0.228. The van der Waals surface area contributed by atoms with Crippen molar-refractivity contribution in [3.8, 4) is 0 Å². The van der Waals surface area contributed by atoms with E-state index in [9.17, 15) is 81.4 Å². The summed E-state index contributed by atoms with van der Waals surface area (Å²) in [7, 11) is 0. The number of rotatable bonds is 13. The van der Waals surface area contributed by atoms with Crippen LogP contribution in [0.4, 0.5) is 0 Å². The van der Waals surface area contributed by atoms with Gasteiger partial charge in [0.2, 0.25) is 0 Å². The zero-order valence-corrected chi connectivity index (χ0v) is 47.0. The van der Waals surface area contributed by atoms with Gasteiger partial charge in [0.1, 0.15) is 116 Å². The summed E-state index contributed by atoms with van der Waals surface area (Å²) >= 11 is 0. The Morgan fingerprint density at radius 3 is 1.67 bits per heavy atom. The molecule has 476 valence electrons. The molecule has 11 rings (SSSR count). The van der Waals surface area contributed by atoms with Crippen molar-refractivity contribution in [3.05, 3.63) is 0 Å². The first-order valence-corrected chi connectivity index (χ1v) is 29.7. The number of carbonyl (C=O) groups excluding carboxylic acids is 1. The van der Waals surface area contributed by atoms with Crippen LogP contribution in [0.25, 0.3) is 0 Å². The van der Waals surface area contributed by atoms with Gasteiger partial charge in [0.25, 0.3) is 0 Å². The number of ketones is 1. The molecule has 83 heavy (non-hydrogen) atoms. The molecule has 15 N–H and O–H groups in total. The molecule has 4 saturated carbocycles. The Kier molecular flexibility index (Phi) is 18.6. The molecule has 1 spiro atoms. The van der Waals surface area contributed by atoms with E-state index >= 15 is 0 Å². The molecule has 36 atom stereocenters. The van der Waals surface area contributed by atoms with Crippen molar-refractivity contribution >= 4 is 5.78 Å². The van der Waals surface area contributed by atoms with Crippen molar-refractivity contribution in [3.63, 3.8) is 0 Å². The number of aliphatic hydroxyl groups excluding tert-OH is 15. The van der Waals surface area contributed by atoms with Crippen molar-refractivity contribution < 1.29 is 138 Å². The minimum Gasteiger partial charge on any atom is -0.394 e. The Labute approximate surface area is 479 Å².